The first-order chi connectivity index (χ1) is 12.7. The van der Waals surface area contributed by atoms with Crippen LogP contribution in [0.4, 0.5) is 13.2 Å². The van der Waals surface area contributed by atoms with Crippen molar-refractivity contribution in [1.29, 1.82) is 0 Å². The van der Waals surface area contributed by atoms with Crippen LogP contribution in [0.3, 0.4) is 0 Å². The highest BCUT2D eigenvalue weighted by atomic mass is 19.4. The van der Waals surface area contributed by atoms with Crippen LogP contribution >= 0.6 is 0 Å². The van der Waals surface area contributed by atoms with E-state index in [0.717, 1.165) is 11.4 Å². The maximum Gasteiger partial charge on any atom is 0.422 e. The fourth-order valence-electron chi connectivity index (χ4n) is 2.39. The minimum absolute atomic E-state index is 0.0127. The van der Waals surface area contributed by atoms with Crippen LogP contribution < -0.4 is 10.1 Å². The number of hydrogen-bond acceptors (Lipinski definition) is 5. The summed E-state index contributed by atoms with van der Waals surface area (Å²) in [4.78, 5) is 20.6. The molecular weight excluding hydrogens is 363 g/mol. The smallest absolute Gasteiger partial charge is 0.422 e. The second-order valence-electron chi connectivity index (χ2n) is 5.92. The summed E-state index contributed by atoms with van der Waals surface area (Å²) in [6, 6.07) is 7.78. The molecule has 0 saturated carbocycles. The molecule has 0 unspecified atom stereocenters. The first-order valence-electron chi connectivity index (χ1n) is 7.99. The lowest BCUT2D eigenvalue weighted by molar-refractivity contribution is -0.153. The molecule has 0 radical (unpaired) electrons. The van der Waals surface area contributed by atoms with Gasteiger partial charge in [0.2, 0.25) is 5.82 Å². The second kappa shape index (κ2) is 7.22. The van der Waals surface area contributed by atoms with Gasteiger partial charge >= 0.3 is 6.18 Å². The summed E-state index contributed by atoms with van der Waals surface area (Å²) in [5, 5.41) is 6.79. The normalized spacial score (nSPS) is 11.6. The number of fused-ring (bicyclic) bond motifs is 1. The van der Waals surface area contributed by atoms with Crippen molar-refractivity contribution >= 4 is 11.7 Å². The number of aryl methyl sites for hydroxylation is 2. The Bertz CT molecular complexity index is 967. The maximum absolute atomic E-state index is 12.2. The van der Waals surface area contributed by atoms with Crippen molar-refractivity contribution in [2.45, 2.75) is 26.6 Å². The Morgan fingerprint density at radius 1 is 1.19 bits per heavy atom. The largest absolute Gasteiger partial charge is 0.484 e. The van der Waals surface area contributed by atoms with Crippen molar-refractivity contribution in [3.8, 4) is 5.75 Å². The van der Waals surface area contributed by atoms with Crippen molar-refractivity contribution in [3.05, 3.63) is 53.1 Å². The van der Waals surface area contributed by atoms with Gasteiger partial charge in [-0.05, 0) is 37.6 Å². The highest BCUT2D eigenvalue weighted by Gasteiger charge is 2.28. The van der Waals surface area contributed by atoms with Gasteiger partial charge in [0.25, 0.3) is 11.7 Å². The van der Waals surface area contributed by atoms with Crippen LogP contribution in [0.1, 0.15) is 27.6 Å². The number of benzene rings is 1. The van der Waals surface area contributed by atoms with Gasteiger partial charge in [0, 0.05) is 17.9 Å². The van der Waals surface area contributed by atoms with Gasteiger partial charge in [-0.3, -0.25) is 4.79 Å². The van der Waals surface area contributed by atoms with Gasteiger partial charge in [0.15, 0.2) is 6.61 Å². The van der Waals surface area contributed by atoms with E-state index in [1.165, 1.54) is 16.6 Å². The molecule has 0 saturated heterocycles. The van der Waals surface area contributed by atoms with Crippen LogP contribution in [0.5, 0.6) is 5.75 Å². The lowest BCUT2D eigenvalue weighted by Crippen LogP contribution is -2.24. The molecule has 0 fully saturated rings. The quantitative estimate of drug-likeness (QED) is 0.737. The molecule has 27 heavy (non-hydrogen) atoms. The SMILES string of the molecule is Cc1cc(C)n2nc(C(=O)NCc3ccc(OCC(F)(F)F)cc3)nc2n1. The lowest BCUT2D eigenvalue weighted by Gasteiger charge is -2.09. The van der Waals surface area contributed by atoms with Crippen molar-refractivity contribution in [2.24, 2.45) is 0 Å². The zero-order chi connectivity index (χ0) is 19.6. The molecule has 1 aromatic carbocycles. The molecule has 1 amide bonds. The number of carbonyl (C=O) groups is 1. The molecule has 0 spiro atoms. The first kappa shape index (κ1) is 18.6. The number of carbonyl (C=O) groups excluding carboxylic acids is 1. The maximum atomic E-state index is 12.2. The van der Waals surface area contributed by atoms with E-state index in [9.17, 15) is 18.0 Å². The van der Waals surface area contributed by atoms with Crippen molar-refractivity contribution in [2.75, 3.05) is 6.61 Å². The fourth-order valence-corrected chi connectivity index (χ4v) is 2.39. The van der Waals surface area contributed by atoms with Crippen molar-refractivity contribution < 1.29 is 22.7 Å². The molecule has 3 aromatic rings. The molecule has 0 atom stereocenters. The number of rotatable bonds is 5. The van der Waals surface area contributed by atoms with Crippen LogP contribution in [-0.4, -0.2) is 38.3 Å². The van der Waals surface area contributed by atoms with Gasteiger partial charge in [-0.25, -0.2) is 9.50 Å². The molecular formula is C17H16F3N5O2. The molecule has 2 heterocycles. The summed E-state index contributed by atoms with van der Waals surface area (Å²) >= 11 is 0. The monoisotopic (exact) mass is 379 g/mol. The van der Waals surface area contributed by atoms with E-state index < -0.39 is 18.7 Å². The van der Waals surface area contributed by atoms with Crippen LogP contribution in [0.25, 0.3) is 5.78 Å². The Balaban J connectivity index is 1.61. The molecule has 2 aromatic heterocycles. The summed E-state index contributed by atoms with van der Waals surface area (Å²) in [7, 11) is 0. The topological polar surface area (TPSA) is 81.4 Å². The molecule has 1 N–H and O–H groups in total. The molecule has 3 rings (SSSR count). The standard InChI is InChI=1S/C17H16F3N5O2/c1-10-7-11(2)25-16(22-10)23-14(24-25)15(26)21-8-12-3-5-13(6-4-12)27-9-17(18,19)20/h3-7H,8-9H2,1-2H3,(H,21,26). The minimum Gasteiger partial charge on any atom is -0.484 e. The number of halogens is 3. The number of nitrogens with one attached hydrogen (secondary N) is 1. The number of hydrogen-bond donors (Lipinski definition) is 1. The van der Waals surface area contributed by atoms with E-state index in [0.29, 0.717) is 11.3 Å². The number of aromatic nitrogens is 4. The summed E-state index contributed by atoms with van der Waals surface area (Å²) < 4.78 is 42.5. The number of ether oxygens (including phenoxy) is 1. The van der Waals surface area contributed by atoms with E-state index in [1.54, 1.807) is 12.1 Å². The Morgan fingerprint density at radius 2 is 1.89 bits per heavy atom. The molecule has 0 aliphatic carbocycles. The van der Waals surface area contributed by atoms with E-state index in [2.05, 4.69) is 25.1 Å². The van der Waals surface area contributed by atoms with Crippen LogP contribution in [-0.2, 0) is 6.54 Å². The zero-order valence-electron chi connectivity index (χ0n) is 14.5. The molecule has 7 nitrogen and oxygen atoms in total. The highest BCUT2D eigenvalue weighted by molar-refractivity contribution is 5.90. The summed E-state index contributed by atoms with van der Waals surface area (Å²) in [6.07, 6.45) is -4.39. The minimum atomic E-state index is -4.39. The van der Waals surface area contributed by atoms with Gasteiger partial charge in [-0.15, -0.1) is 5.10 Å². The predicted octanol–water partition coefficient (Wildman–Crippen LogP) is 2.61. The van der Waals surface area contributed by atoms with Crippen LogP contribution in [0, 0.1) is 13.8 Å². The van der Waals surface area contributed by atoms with Crippen LogP contribution in [0.2, 0.25) is 0 Å². The van der Waals surface area contributed by atoms with E-state index in [-0.39, 0.29) is 18.1 Å². The summed E-state index contributed by atoms with van der Waals surface area (Å²) in [5.41, 5.74) is 2.27. The van der Waals surface area contributed by atoms with Gasteiger partial charge < -0.3 is 10.1 Å². The Hall–Kier alpha value is -3.17. The van der Waals surface area contributed by atoms with E-state index >= 15 is 0 Å². The molecule has 142 valence electrons. The Kier molecular flexibility index (Phi) is 4.98. The molecule has 0 bridgehead atoms. The summed E-state index contributed by atoms with van der Waals surface area (Å²) in [5.74, 6) is -0.0542. The zero-order valence-corrected chi connectivity index (χ0v) is 14.5. The Labute approximate surface area is 152 Å². The third-order valence-corrected chi connectivity index (χ3v) is 3.60. The Morgan fingerprint density at radius 3 is 2.56 bits per heavy atom. The lowest BCUT2D eigenvalue weighted by atomic mass is 10.2. The van der Waals surface area contributed by atoms with Gasteiger partial charge in [0.1, 0.15) is 5.75 Å². The molecule has 0 aliphatic rings. The molecule has 10 heteroatoms. The van der Waals surface area contributed by atoms with Gasteiger partial charge in [-0.2, -0.15) is 18.2 Å². The van der Waals surface area contributed by atoms with Crippen LogP contribution in [0.15, 0.2) is 30.3 Å². The fraction of sp³-hybridized carbons (Fsp3) is 0.294. The number of amides is 1. The average molecular weight is 379 g/mol. The van der Waals surface area contributed by atoms with E-state index in [1.807, 2.05) is 19.9 Å². The molecule has 0 aliphatic heterocycles. The van der Waals surface area contributed by atoms with Gasteiger partial charge in [-0.1, -0.05) is 12.1 Å². The number of alkyl halides is 3. The number of nitrogens with zero attached hydrogens (tertiary/aromatic N) is 4. The first-order valence-corrected chi connectivity index (χ1v) is 7.99. The predicted molar refractivity (Wildman–Crippen MR) is 89.4 cm³/mol. The third kappa shape index (κ3) is 4.72. The second-order valence-corrected chi connectivity index (χ2v) is 5.92. The van der Waals surface area contributed by atoms with Gasteiger partial charge in [0.05, 0.1) is 0 Å². The average Bonchev–Trinajstić information content (AvgIpc) is 3.02. The van der Waals surface area contributed by atoms with Crippen molar-refractivity contribution in [3.63, 3.8) is 0 Å². The summed E-state index contributed by atoms with van der Waals surface area (Å²) in [6.45, 7) is 2.47. The van der Waals surface area contributed by atoms with Crippen molar-refractivity contribution in [1.82, 2.24) is 24.9 Å². The van der Waals surface area contributed by atoms with E-state index in [4.69, 9.17) is 0 Å². The highest BCUT2D eigenvalue weighted by Crippen LogP contribution is 2.18. The third-order valence-electron chi connectivity index (χ3n) is 3.60.